The average Bonchev–Trinajstić information content (AvgIpc) is 2.74. The largest absolute Gasteiger partial charge is 0.340 e. The van der Waals surface area contributed by atoms with Crippen molar-refractivity contribution in [3.05, 3.63) is 65.0 Å². The third-order valence-electron chi connectivity index (χ3n) is 5.28. The first-order valence-electron chi connectivity index (χ1n) is 10.1. The molecule has 1 heterocycles. The van der Waals surface area contributed by atoms with E-state index in [1.807, 2.05) is 13.0 Å². The van der Waals surface area contributed by atoms with Gasteiger partial charge in [-0.15, -0.1) is 0 Å². The van der Waals surface area contributed by atoms with Crippen LogP contribution in [0, 0.1) is 19.7 Å². The Labute approximate surface area is 177 Å². The highest BCUT2D eigenvalue weighted by molar-refractivity contribution is 7.89. The Bertz CT molecular complexity index is 987. The number of carbonyl (C=O) groups excluding carboxylic acids is 1. The summed E-state index contributed by atoms with van der Waals surface area (Å²) < 4.78 is 41.6. The zero-order chi connectivity index (χ0) is 21.7. The summed E-state index contributed by atoms with van der Waals surface area (Å²) in [4.78, 5) is 14.6. The lowest BCUT2D eigenvalue weighted by Gasteiger charge is -2.29. The number of piperazine rings is 1. The van der Waals surface area contributed by atoms with Gasteiger partial charge >= 0.3 is 0 Å². The van der Waals surface area contributed by atoms with Crippen molar-refractivity contribution < 1.29 is 17.6 Å². The second-order valence-electron chi connectivity index (χ2n) is 7.61. The number of halogens is 1. The zero-order valence-electron chi connectivity index (χ0n) is 17.4. The van der Waals surface area contributed by atoms with E-state index in [-0.39, 0.29) is 36.1 Å². The maximum absolute atomic E-state index is 13.5. The minimum atomic E-state index is -3.83. The van der Waals surface area contributed by atoms with Crippen LogP contribution in [0.25, 0.3) is 0 Å². The van der Waals surface area contributed by atoms with E-state index in [1.165, 1.54) is 16.4 Å². The molecule has 6 nitrogen and oxygen atoms in total. The van der Waals surface area contributed by atoms with Crippen molar-refractivity contribution in [1.82, 2.24) is 14.5 Å². The molecule has 1 amide bonds. The summed E-state index contributed by atoms with van der Waals surface area (Å²) in [5.41, 5.74) is 2.16. The first-order valence-corrected chi connectivity index (χ1v) is 11.5. The number of rotatable bonds is 7. The molecular formula is C22H28FN3O3S. The SMILES string of the molecule is Cc1ccc(C)c(S(=O)(=O)N(CCC(=O)N2CCNCC2)Cc2ccc(F)cc2)c1. The second kappa shape index (κ2) is 9.68. The second-order valence-corrected chi connectivity index (χ2v) is 9.52. The Morgan fingerprint density at radius 3 is 2.43 bits per heavy atom. The van der Waals surface area contributed by atoms with Gasteiger partial charge in [-0.05, 0) is 48.7 Å². The Morgan fingerprint density at radius 1 is 1.10 bits per heavy atom. The van der Waals surface area contributed by atoms with Gasteiger partial charge in [-0.3, -0.25) is 4.79 Å². The van der Waals surface area contributed by atoms with Crippen LogP contribution in [0.1, 0.15) is 23.1 Å². The van der Waals surface area contributed by atoms with Gasteiger partial charge in [0.1, 0.15) is 5.82 Å². The first kappa shape index (κ1) is 22.4. The number of sulfonamides is 1. The van der Waals surface area contributed by atoms with Crippen molar-refractivity contribution in [2.75, 3.05) is 32.7 Å². The molecule has 2 aromatic carbocycles. The molecule has 30 heavy (non-hydrogen) atoms. The number of nitrogens with zero attached hydrogens (tertiary/aromatic N) is 2. The summed E-state index contributed by atoms with van der Waals surface area (Å²) in [6, 6.07) is 11.1. The van der Waals surface area contributed by atoms with E-state index in [4.69, 9.17) is 0 Å². The lowest BCUT2D eigenvalue weighted by atomic mass is 10.2. The Kier molecular flexibility index (Phi) is 7.23. The maximum atomic E-state index is 13.5. The Balaban J connectivity index is 1.85. The molecule has 1 saturated heterocycles. The van der Waals surface area contributed by atoms with E-state index in [1.54, 1.807) is 36.1 Å². The molecular weight excluding hydrogens is 405 g/mol. The van der Waals surface area contributed by atoms with Crippen LogP contribution in [-0.2, 0) is 21.4 Å². The van der Waals surface area contributed by atoms with Crippen molar-refractivity contribution in [2.24, 2.45) is 0 Å². The molecule has 1 fully saturated rings. The Morgan fingerprint density at radius 2 is 1.77 bits per heavy atom. The van der Waals surface area contributed by atoms with E-state index >= 15 is 0 Å². The fourth-order valence-electron chi connectivity index (χ4n) is 3.49. The van der Waals surface area contributed by atoms with Crippen molar-refractivity contribution in [3.8, 4) is 0 Å². The minimum Gasteiger partial charge on any atom is -0.340 e. The van der Waals surface area contributed by atoms with Crippen molar-refractivity contribution in [3.63, 3.8) is 0 Å². The van der Waals surface area contributed by atoms with Crippen LogP contribution in [0.15, 0.2) is 47.4 Å². The smallest absolute Gasteiger partial charge is 0.243 e. The lowest BCUT2D eigenvalue weighted by Crippen LogP contribution is -2.47. The highest BCUT2D eigenvalue weighted by atomic mass is 32.2. The van der Waals surface area contributed by atoms with Crippen molar-refractivity contribution in [1.29, 1.82) is 0 Å². The van der Waals surface area contributed by atoms with E-state index < -0.39 is 10.0 Å². The van der Waals surface area contributed by atoms with Gasteiger partial charge in [-0.2, -0.15) is 4.31 Å². The van der Waals surface area contributed by atoms with Gasteiger partial charge in [0.2, 0.25) is 15.9 Å². The quantitative estimate of drug-likeness (QED) is 0.728. The number of amides is 1. The van der Waals surface area contributed by atoms with E-state index in [0.29, 0.717) is 24.2 Å². The number of benzene rings is 2. The summed E-state index contributed by atoms with van der Waals surface area (Å²) in [7, 11) is -3.83. The summed E-state index contributed by atoms with van der Waals surface area (Å²) in [6.45, 7) is 6.48. The van der Waals surface area contributed by atoms with Crippen LogP contribution < -0.4 is 5.32 Å². The fourth-order valence-corrected chi connectivity index (χ4v) is 5.23. The molecule has 1 N–H and O–H groups in total. The van der Waals surface area contributed by atoms with Crippen LogP contribution in [0.3, 0.4) is 0 Å². The molecule has 162 valence electrons. The molecule has 0 radical (unpaired) electrons. The molecule has 1 aliphatic rings. The van der Waals surface area contributed by atoms with Gasteiger partial charge in [0.25, 0.3) is 0 Å². The van der Waals surface area contributed by atoms with Crippen molar-refractivity contribution >= 4 is 15.9 Å². The van der Waals surface area contributed by atoms with Gasteiger partial charge in [0.15, 0.2) is 0 Å². The van der Waals surface area contributed by atoms with Gasteiger partial charge in [0.05, 0.1) is 4.90 Å². The molecule has 0 bridgehead atoms. The van der Waals surface area contributed by atoms with E-state index in [9.17, 15) is 17.6 Å². The molecule has 0 unspecified atom stereocenters. The summed E-state index contributed by atoms with van der Waals surface area (Å²) >= 11 is 0. The first-order chi connectivity index (χ1) is 14.3. The molecule has 0 spiro atoms. The molecule has 3 rings (SSSR count). The highest BCUT2D eigenvalue weighted by Gasteiger charge is 2.28. The van der Waals surface area contributed by atoms with Crippen LogP contribution in [0.5, 0.6) is 0 Å². The van der Waals surface area contributed by atoms with E-state index in [2.05, 4.69) is 5.32 Å². The van der Waals surface area contributed by atoms with Crippen LogP contribution in [0.4, 0.5) is 4.39 Å². The lowest BCUT2D eigenvalue weighted by molar-refractivity contribution is -0.131. The van der Waals surface area contributed by atoms with Crippen LogP contribution in [-0.4, -0.2) is 56.3 Å². The highest BCUT2D eigenvalue weighted by Crippen LogP contribution is 2.23. The van der Waals surface area contributed by atoms with Crippen LogP contribution >= 0.6 is 0 Å². The molecule has 0 aromatic heterocycles. The standard InChI is InChI=1S/C22H28FN3O3S/c1-17-3-4-18(2)21(15-17)30(28,29)26(16-19-5-7-20(23)8-6-19)12-9-22(27)25-13-10-24-11-14-25/h3-8,15,24H,9-14,16H2,1-2H3. The van der Waals surface area contributed by atoms with Gasteiger partial charge in [0, 0.05) is 45.7 Å². The number of carbonyl (C=O) groups is 1. The van der Waals surface area contributed by atoms with Crippen LogP contribution in [0.2, 0.25) is 0 Å². The summed E-state index contributed by atoms with van der Waals surface area (Å²) in [6.07, 6.45) is 0.102. The molecule has 0 atom stereocenters. The monoisotopic (exact) mass is 433 g/mol. The predicted octanol–water partition coefficient (Wildman–Crippen LogP) is 2.46. The summed E-state index contributed by atoms with van der Waals surface area (Å²) in [5.74, 6) is -0.437. The van der Waals surface area contributed by atoms with Gasteiger partial charge in [-0.25, -0.2) is 12.8 Å². The minimum absolute atomic E-state index is 0.0585. The Hall–Kier alpha value is -2.29. The number of nitrogens with one attached hydrogen (secondary N) is 1. The number of hydrogen-bond acceptors (Lipinski definition) is 4. The average molecular weight is 434 g/mol. The zero-order valence-corrected chi connectivity index (χ0v) is 18.2. The van der Waals surface area contributed by atoms with Gasteiger partial charge in [-0.1, -0.05) is 24.3 Å². The maximum Gasteiger partial charge on any atom is 0.243 e. The number of aryl methyl sites for hydroxylation is 2. The van der Waals surface area contributed by atoms with Crippen molar-refractivity contribution in [2.45, 2.75) is 31.7 Å². The third kappa shape index (κ3) is 5.44. The van der Waals surface area contributed by atoms with Gasteiger partial charge < -0.3 is 10.2 Å². The molecule has 1 aliphatic heterocycles. The fraction of sp³-hybridized carbons (Fsp3) is 0.409. The van der Waals surface area contributed by atoms with E-state index in [0.717, 1.165) is 18.7 Å². The number of hydrogen-bond donors (Lipinski definition) is 1. The normalized spacial score (nSPS) is 14.9. The molecule has 2 aromatic rings. The molecule has 8 heteroatoms. The molecule has 0 saturated carbocycles. The topological polar surface area (TPSA) is 69.7 Å². The third-order valence-corrected chi connectivity index (χ3v) is 7.27. The summed E-state index contributed by atoms with van der Waals surface area (Å²) in [5, 5.41) is 3.20. The molecule has 0 aliphatic carbocycles. The predicted molar refractivity (Wildman–Crippen MR) is 114 cm³/mol.